The Morgan fingerprint density at radius 3 is 2.48 bits per heavy atom. The van der Waals surface area contributed by atoms with Gasteiger partial charge in [-0.15, -0.1) is 0 Å². The number of hydrogen-bond acceptors (Lipinski definition) is 5. The van der Waals surface area contributed by atoms with Crippen LogP contribution in [0.15, 0.2) is 63.8 Å². The molecule has 1 heterocycles. The van der Waals surface area contributed by atoms with Gasteiger partial charge in [-0.3, -0.25) is 4.79 Å². The molecule has 0 bridgehead atoms. The minimum Gasteiger partial charge on any atom is -0.496 e. The standard InChI is InChI=1S/C20H16O5/c1-23-16-9-5-3-7-13(16)11-12-15(21)18-19(24-2)14-8-4-6-10-17(14)25-20(18)22/h3-12H,1-2H3/b12-11+. The third kappa shape index (κ3) is 3.17. The number of methoxy groups -OCH3 is 2. The van der Waals surface area contributed by atoms with Gasteiger partial charge in [0.1, 0.15) is 22.6 Å². The maximum atomic E-state index is 12.6. The maximum Gasteiger partial charge on any atom is 0.351 e. The average molecular weight is 336 g/mol. The predicted molar refractivity (Wildman–Crippen MR) is 95.4 cm³/mol. The molecule has 0 saturated carbocycles. The summed E-state index contributed by atoms with van der Waals surface area (Å²) in [5.74, 6) is 0.341. The number of hydrogen-bond donors (Lipinski definition) is 0. The molecule has 0 aliphatic carbocycles. The zero-order chi connectivity index (χ0) is 17.8. The highest BCUT2D eigenvalue weighted by Gasteiger charge is 2.20. The molecule has 5 nitrogen and oxygen atoms in total. The maximum absolute atomic E-state index is 12.6. The highest BCUT2D eigenvalue weighted by molar-refractivity contribution is 6.10. The van der Waals surface area contributed by atoms with Crippen molar-refractivity contribution in [3.8, 4) is 11.5 Å². The van der Waals surface area contributed by atoms with Crippen LogP contribution in [0.5, 0.6) is 11.5 Å². The summed E-state index contributed by atoms with van der Waals surface area (Å²) >= 11 is 0. The number of carbonyl (C=O) groups is 1. The van der Waals surface area contributed by atoms with Crippen molar-refractivity contribution >= 4 is 22.8 Å². The molecular formula is C20H16O5. The smallest absolute Gasteiger partial charge is 0.351 e. The second-order valence-electron chi connectivity index (χ2n) is 5.23. The lowest BCUT2D eigenvalue weighted by atomic mass is 10.1. The SMILES string of the molecule is COc1ccccc1/C=C/C(=O)c1c(OC)c2ccccc2oc1=O. The average Bonchev–Trinajstić information content (AvgIpc) is 2.65. The van der Waals surface area contributed by atoms with Gasteiger partial charge in [0.2, 0.25) is 0 Å². The van der Waals surface area contributed by atoms with Crippen molar-refractivity contribution < 1.29 is 18.7 Å². The fraction of sp³-hybridized carbons (Fsp3) is 0.100. The van der Waals surface area contributed by atoms with Gasteiger partial charge in [0.25, 0.3) is 0 Å². The van der Waals surface area contributed by atoms with E-state index in [1.54, 1.807) is 43.5 Å². The van der Waals surface area contributed by atoms with Gasteiger partial charge in [0.15, 0.2) is 5.78 Å². The highest BCUT2D eigenvalue weighted by atomic mass is 16.5. The van der Waals surface area contributed by atoms with Crippen LogP contribution in [0.4, 0.5) is 0 Å². The molecule has 0 N–H and O–H groups in total. The molecule has 0 amide bonds. The first-order chi connectivity index (χ1) is 12.2. The molecule has 25 heavy (non-hydrogen) atoms. The highest BCUT2D eigenvalue weighted by Crippen LogP contribution is 2.28. The summed E-state index contributed by atoms with van der Waals surface area (Å²) in [6, 6.07) is 14.2. The summed E-state index contributed by atoms with van der Waals surface area (Å²) in [7, 11) is 2.97. The molecule has 5 heteroatoms. The summed E-state index contributed by atoms with van der Waals surface area (Å²) in [4.78, 5) is 24.9. The molecule has 3 aromatic rings. The van der Waals surface area contributed by atoms with Crippen molar-refractivity contribution in [3.63, 3.8) is 0 Å². The van der Waals surface area contributed by atoms with E-state index < -0.39 is 11.4 Å². The zero-order valence-corrected chi connectivity index (χ0v) is 13.8. The van der Waals surface area contributed by atoms with E-state index in [1.807, 2.05) is 18.2 Å². The van der Waals surface area contributed by atoms with E-state index >= 15 is 0 Å². The number of para-hydroxylation sites is 2. The van der Waals surface area contributed by atoms with Gasteiger partial charge in [-0.05, 0) is 30.4 Å². The molecule has 3 rings (SSSR count). The normalized spacial score (nSPS) is 11.0. The lowest BCUT2D eigenvalue weighted by molar-refractivity contribution is 0.104. The van der Waals surface area contributed by atoms with Crippen molar-refractivity contribution in [2.45, 2.75) is 0 Å². The van der Waals surface area contributed by atoms with Gasteiger partial charge < -0.3 is 13.9 Å². The van der Waals surface area contributed by atoms with Gasteiger partial charge in [0, 0.05) is 5.56 Å². The monoisotopic (exact) mass is 336 g/mol. The number of carbonyl (C=O) groups excluding carboxylic acids is 1. The van der Waals surface area contributed by atoms with Crippen LogP contribution in [0.1, 0.15) is 15.9 Å². The minimum absolute atomic E-state index is 0.132. The van der Waals surface area contributed by atoms with Crippen LogP contribution in [0.3, 0.4) is 0 Å². The first-order valence-corrected chi connectivity index (χ1v) is 7.61. The quantitative estimate of drug-likeness (QED) is 0.404. The Bertz CT molecular complexity index is 1010. The van der Waals surface area contributed by atoms with Crippen molar-refractivity contribution in [1.82, 2.24) is 0 Å². The Morgan fingerprint density at radius 1 is 1.00 bits per heavy atom. The fourth-order valence-electron chi connectivity index (χ4n) is 2.60. The van der Waals surface area contributed by atoms with Gasteiger partial charge >= 0.3 is 5.63 Å². The van der Waals surface area contributed by atoms with E-state index in [2.05, 4.69) is 0 Å². The second-order valence-corrected chi connectivity index (χ2v) is 5.23. The predicted octanol–water partition coefficient (Wildman–Crippen LogP) is 3.71. The van der Waals surface area contributed by atoms with Crippen molar-refractivity contribution in [2.24, 2.45) is 0 Å². The molecule has 0 unspecified atom stereocenters. The van der Waals surface area contributed by atoms with Crippen LogP contribution in [-0.4, -0.2) is 20.0 Å². The molecular weight excluding hydrogens is 320 g/mol. The molecule has 1 aromatic heterocycles. The van der Waals surface area contributed by atoms with Gasteiger partial charge in [0.05, 0.1) is 19.6 Å². The molecule has 0 aliphatic heterocycles. The van der Waals surface area contributed by atoms with E-state index in [-0.39, 0.29) is 11.3 Å². The van der Waals surface area contributed by atoms with Crippen LogP contribution in [0.2, 0.25) is 0 Å². The Kier molecular flexibility index (Phi) is 4.66. The van der Waals surface area contributed by atoms with Crippen molar-refractivity contribution in [1.29, 1.82) is 0 Å². The number of ketones is 1. The first kappa shape index (κ1) is 16.5. The molecule has 2 aromatic carbocycles. The third-order valence-corrected chi connectivity index (χ3v) is 3.77. The minimum atomic E-state index is -0.731. The van der Waals surface area contributed by atoms with Crippen LogP contribution in [0.25, 0.3) is 17.0 Å². The second kappa shape index (κ2) is 7.05. The van der Waals surface area contributed by atoms with E-state index in [1.165, 1.54) is 13.2 Å². The summed E-state index contributed by atoms with van der Waals surface area (Å²) in [6.45, 7) is 0. The Labute approximate surface area is 144 Å². The van der Waals surface area contributed by atoms with Crippen LogP contribution in [0, 0.1) is 0 Å². The molecule has 0 atom stereocenters. The summed E-state index contributed by atoms with van der Waals surface area (Å²) in [5, 5.41) is 0.568. The summed E-state index contributed by atoms with van der Waals surface area (Å²) < 4.78 is 15.8. The lowest BCUT2D eigenvalue weighted by Crippen LogP contribution is -2.14. The number of rotatable bonds is 5. The number of allylic oxidation sites excluding steroid dienone is 1. The van der Waals surface area contributed by atoms with E-state index in [0.29, 0.717) is 16.7 Å². The van der Waals surface area contributed by atoms with E-state index in [9.17, 15) is 9.59 Å². The summed E-state index contributed by atoms with van der Waals surface area (Å²) in [5.41, 5.74) is 0.231. The molecule has 0 aliphatic rings. The number of benzene rings is 2. The van der Waals surface area contributed by atoms with Crippen molar-refractivity contribution in [3.05, 3.63) is 76.2 Å². The molecule has 0 saturated heterocycles. The van der Waals surface area contributed by atoms with Crippen LogP contribution < -0.4 is 15.1 Å². The van der Waals surface area contributed by atoms with E-state index in [4.69, 9.17) is 13.9 Å². The fourth-order valence-corrected chi connectivity index (χ4v) is 2.60. The topological polar surface area (TPSA) is 65.7 Å². The molecule has 126 valence electrons. The molecule has 0 spiro atoms. The first-order valence-electron chi connectivity index (χ1n) is 7.61. The van der Waals surface area contributed by atoms with Gasteiger partial charge in [-0.2, -0.15) is 0 Å². The number of ether oxygens (including phenoxy) is 2. The molecule has 0 fully saturated rings. The Morgan fingerprint density at radius 2 is 1.72 bits per heavy atom. The molecule has 0 radical (unpaired) electrons. The van der Waals surface area contributed by atoms with Crippen molar-refractivity contribution in [2.75, 3.05) is 14.2 Å². The summed E-state index contributed by atoms with van der Waals surface area (Å²) in [6.07, 6.45) is 2.90. The van der Waals surface area contributed by atoms with E-state index in [0.717, 1.165) is 5.56 Å². The largest absolute Gasteiger partial charge is 0.496 e. The third-order valence-electron chi connectivity index (χ3n) is 3.77. The van der Waals surface area contributed by atoms with Crippen LogP contribution in [-0.2, 0) is 0 Å². The Balaban J connectivity index is 2.07. The van der Waals surface area contributed by atoms with Gasteiger partial charge in [-0.25, -0.2) is 4.79 Å². The Hall–Kier alpha value is -3.34. The number of fused-ring (bicyclic) bond motifs is 1. The van der Waals surface area contributed by atoms with Gasteiger partial charge in [-0.1, -0.05) is 30.3 Å². The zero-order valence-electron chi connectivity index (χ0n) is 13.8. The lowest BCUT2D eigenvalue weighted by Gasteiger charge is -2.08. The van der Waals surface area contributed by atoms with Crippen LogP contribution >= 0.6 is 0 Å².